The third-order valence-electron chi connectivity index (χ3n) is 3.93. The number of rotatable bonds is 5. The number of nitrogens with zero attached hydrogens (tertiary/aromatic N) is 1. The molecule has 0 atom stereocenters. The molecule has 3 aromatic rings. The summed E-state index contributed by atoms with van der Waals surface area (Å²) in [5, 5.41) is 10.3. The number of ether oxygens (including phenoxy) is 2. The van der Waals surface area contributed by atoms with Crippen molar-refractivity contribution in [1.82, 2.24) is 15.5 Å². The first-order valence-corrected chi connectivity index (χ1v) is 8.28. The van der Waals surface area contributed by atoms with Crippen LogP contribution in [0.25, 0.3) is 17.0 Å². The standard InChI is InChI=1S/C20H19N3O4/c1-13-8-15(9-16-11-21-23-18(13)16)10-17(19(24)26-2)22-20(25)27-12-14-6-4-3-5-7-14/h3-11H,12H2,1-2H3,(H,21,23)(H,22,25)/b17-10+. The van der Waals surface area contributed by atoms with E-state index in [0.29, 0.717) is 0 Å². The Morgan fingerprint density at radius 1 is 1.22 bits per heavy atom. The van der Waals surface area contributed by atoms with Gasteiger partial charge in [-0.3, -0.25) is 10.4 Å². The molecule has 0 unspecified atom stereocenters. The zero-order valence-corrected chi connectivity index (χ0v) is 15.0. The maximum atomic E-state index is 12.1. The van der Waals surface area contributed by atoms with E-state index in [2.05, 4.69) is 15.5 Å². The van der Waals surface area contributed by atoms with E-state index in [-0.39, 0.29) is 12.3 Å². The van der Waals surface area contributed by atoms with Gasteiger partial charge >= 0.3 is 12.1 Å². The number of aromatic amines is 1. The predicted octanol–water partition coefficient (Wildman–Crippen LogP) is 3.31. The van der Waals surface area contributed by atoms with Crippen LogP contribution in [0.2, 0.25) is 0 Å². The molecule has 0 aliphatic carbocycles. The number of hydrogen-bond acceptors (Lipinski definition) is 5. The summed E-state index contributed by atoms with van der Waals surface area (Å²) in [5.41, 5.74) is 3.44. The number of carbonyl (C=O) groups excluding carboxylic acids is 2. The Hall–Kier alpha value is -3.61. The predicted molar refractivity (Wildman–Crippen MR) is 101 cm³/mol. The van der Waals surface area contributed by atoms with Crippen molar-refractivity contribution in [3.63, 3.8) is 0 Å². The van der Waals surface area contributed by atoms with Crippen LogP contribution in [0.4, 0.5) is 4.79 Å². The van der Waals surface area contributed by atoms with E-state index in [9.17, 15) is 9.59 Å². The van der Waals surface area contributed by atoms with Crippen LogP contribution in [0.3, 0.4) is 0 Å². The van der Waals surface area contributed by atoms with Crippen LogP contribution in [-0.4, -0.2) is 29.4 Å². The van der Waals surface area contributed by atoms with E-state index in [1.165, 1.54) is 13.2 Å². The molecule has 0 aliphatic rings. The van der Waals surface area contributed by atoms with E-state index >= 15 is 0 Å². The molecule has 0 aliphatic heterocycles. The van der Waals surface area contributed by atoms with Crippen molar-refractivity contribution >= 4 is 29.0 Å². The summed E-state index contributed by atoms with van der Waals surface area (Å²) in [4.78, 5) is 24.1. The number of alkyl carbamates (subject to hydrolysis) is 1. The fourth-order valence-corrected chi connectivity index (χ4v) is 2.64. The first-order valence-electron chi connectivity index (χ1n) is 8.28. The summed E-state index contributed by atoms with van der Waals surface area (Å²) in [6, 6.07) is 13.0. The highest BCUT2D eigenvalue weighted by molar-refractivity contribution is 5.97. The number of methoxy groups -OCH3 is 1. The van der Waals surface area contributed by atoms with Crippen molar-refractivity contribution in [3.05, 3.63) is 71.0 Å². The number of aromatic nitrogens is 2. The van der Waals surface area contributed by atoms with Gasteiger partial charge in [0.2, 0.25) is 0 Å². The van der Waals surface area contributed by atoms with Gasteiger partial charge in [-0.1, -0.05) is 30.3 Å². The Morgan fingerprint density at radius 3 is 2.74 bits per heavy atom. The van der Waals surface area contributed by atoms with Gasteiger partial charge in [-0.05, 0) is 41.8 Å². The molecule has 1 heterocycles. The number of fused-ring (bicyclic) bond motifs is 1. The molecule has 0 fully saturated rings. The summed E-state index contributed by atoms with van der Waals surface area (Å²) in [7, 11) is 1.25. The van der Waals surface area contributed by atoms with E-state index in [1.807, 2.05) is 49.4 Å². The van der Waals surface area contributed by atoms with Gasteiger partial charge < -0.3 is 9.47 Å². The molecule has 1 aromatic heterocycles. The zero-order chi connectivity index (χ0) is 19.2. The molecule has 0 saturated heterocycles. The molecular formula is C20H19N3O4. The molecule has 2 aromatic carbocycles. The second kappa shape index (κ2) is 8.18. The van der Waals surface area contributed by atoms with Gasteiger partial charge in [0.15, 0.2) is 0 Å². The van der Waals surface area contributed by atoms with Gasteiger partial charge in [-0.2, -0.15) is 5.10 Å². The van der Waals surface area contributed by atoms with Gasteiger partial charge in [0.1, 0.15) is 12.3 Å². The summed E-state index contributed by atoms with van der Waals surface area (Å²) in [6.45, 7) is 2.03. The van der Waals surface area contributed by atoms with E-state index < -0.39 is 12.1 Å². The molecule has 0 spiro atoms. The molecule has 2 N–H and O–H groups in total. The quantitative estimate of drug-likeness (QED) is 0.534. The van der Waals surface area contributed by atoms with Crippen molar-refractivity contribution in [1.29, 1.82) is 0 Å². The van der Waals surface area contributed by atoms with Gasteiger partial charge in [0, 0.05) is 5.39 Å². The molecule has 138 valence electrons. The highest BCUT2D eigenvalue weighted by Gasteiger charge is 2.15. The maximum absolute atomic E-state index is 12.1. The number of hydrogen-bond donors (Lipinski definition) is 2. The smallest absolute Gasteiger partial charge is 0.412 e. The van der Waals surface area contributed by atoms with Crippen LogP contribution in [0.1, 0.15) is 16.7 Å². The lowest BCUT2D eigenvalue weighted by Gasteiger charge is -2.10. The van der Waals surface area contributed by atoms with E-state index in [1.54, 1.807) is 6.20 Å². The summed E-state index contributed by atoms with van der Waals surface area (Å²) < 4.78 is 9.91. The lowest BCUT2D eigenvalue weighted by Crippen LogP contribution is -2.28. The third kappa shape index (κ3) is 4.52. The summed E-state index contributed by atoms with van der Waals surface area (Å²) in [6.07, 6.45) is 2.49. The molecule has 1 amide bonds. The Bertz CT molecular complexity index is 993. The first kappa shape index (κ1) is 18.2. The zero-order valence-electron chi connectivity index (χ0n) is 15.0. The number of carbonyl (C=O) groups is 2. The fraction of sp³-hybridized carbons (Fsp3) is 0.150. The monoisotopic (exact) mass is 365 g/mol. The van der Waals surface area contributed by atoms with Crippen molar-refractivity contribution in [3.8, 4) is 0 Å². The fourth-order valence-electron chi connectivity index (χ4n) is 2.64. The lowest BCUT2D eigenvalue weighted by molar-refractivity contribution is -0.136. The van der Waals surface area contributed by atoms with Crippen molar-refractivity contribution < 1.29 is 19.1 Å². The molecule has 3 rings (SSSR count). The van der Waals surface area contributed by atoms with Crippen molar-refractivity contribution in [2.24, 2.45) is 0 Å². The molecule has 0 radical (unpaired) electrons. The summed E-state index contributed by atoms with van der Waals surface area (Å²) in [5.74, 6) is -0.670. The second-order valence-electron chi connectivity index (χ2n) is 5.91. The van der Waals surface area contributed by atoms with Gasteiger partial charge in [-0.25, -0.2) is 9.59 Å². The Labute approximate surface area is 156 Å². The van der Waals surface area contributed by atoms with Crippen LogP contribution in [-0.2, 0) is 20.9 Å². The number of aryl methyl sites for hydroxylation is 1. The van der Waals surface area contributed by atoms with Crippen molar-refractivity contribution in [2.75, 3.05) is 7.11 Å². The van der Waals surface area contributed by atoms with Crippen LogP contribution < -0.4 is 5.32 Å². The summed E-state index contributed by atoms with van der Waals surface area (Å²) >= 11 is 0. The number of benzene rings is 2. The average Bonchev–Trinajstić information content (AvgIpc) is 3.15. The van der Waals surface area contributed by atoms with E-state index in [4.69, 9.17) is 9.47 Å². The Balaban J connectivity index is 1.77. The average molecular weight is 365 g/mol. The number of H-pyrrole nitrogens is 1. The van der Waals surface area contributed by atoms with Crippen LogP contribution >= 0.6 is 0 Å². The largest absolute Gasteiger partial charge is 0.464 e. The Kier molecular flexibility index (Phi) is 5.51. The number of amides is 1. The topological polar surface area (TPSA) is 93.3 Å². The van der Waals surface area contributed by atoms with Crippen LogP contribution in [0.5, 0.6) is 0 Å². The third-order valence-corrected chi connectivity index (χ3v) is 3.93. The van der Waals surface area contributed by atoms with Crippen LogP contribution in [0.15, 0.2) is 54.4 Å². The molecule has 7 heteroatoms. The molecular weight excluding hydrogens is 346 g/mol. The minimum atomic E-state index is -0.739. The highest BCUT2D eigenvalue weighted by Crippen LogP contribution is 2.20. The van der Waals surface area contributed by atoms with Gasteiger partial charge in [-0.15, -0.1) is 0 Å². The minimum absolute atomic E-state index is 0.0159. The van der Waals surface area contributed by atoms with Crippen molar-refractivity contribution in [2.45, 2.75) is 13.5 Å². The number of esters is 1. The molecule has 7 nitrogen and oxygen atoms in total. The normalized spacial score (nSPS) is 11.3. The van der Waals surface area contributed by atoms with Gasteiger partial charge in [0.25, 0.3) is 0 Å². The maximum Gasteiger partial charge on any atom is 0.412 e. The molecule has 0 saturated carbocycles. The second-order valence-corrected chi connectivity index (χ2v) is 5.91. The van der Waals surface area contributed by atoms with Crippen LogP contribution in [0, 0.1) is 6.92 Å². The van der Waals surface area contributed by atoms with E-state index in [0.717, 1.165) is 27.6 Å². The SMILES string of the molecule is COC(=O)/C(=C\c1cc(C)c2[nH]ncc2c1)NC(=O)OCc1ccccc1. The lowest BCUT2D eigenvalue weighted by atomic mass is 10.1. The first-order chi connectivity index (χ1) is 13.1. The minimum Gasteiger partial charge on any atom is -0.464 e. The highest BCUT2D eigenvalue weighted by atomic mass is 16.6. The van der Waals surface area contributed by atoms with Gasteiger partial charge in [0.05, 0.1) is 18.8 Å². The Morgan fingerprint density at radius 2 is 2.00 bits per heavy atom. The number of nitrogens with one attached hydrogen (secondary N) is 2. The molecule has 27 heavy (non-hydrogen) atoms. The molecule has 0 bridgehead atoms.